The van der Waals surface area contributed by atoms with Gasteiger partial charge in [-0.1, -0.05) is 0 Å². The Kier molecular flexibility index (Phi) is 2.15. The van der Waals surface area contributed by atoms with E-state index in [1.807, 2.05) is 0 Å². The molecule has 0 aromatic carbocycles. The van der Waals surface area contributed by atoms with Gasteiger partial charge in [-0.3, -0.25) is 19.6 Å². The second-order valence-corrected chi connectivity index (χ2v) is 3.41. The molecule has 0 spiro atoms. The highest BCUT2D eigenvalue weighted by molar-refractivity contribution is 5.54. The number of H-pyrrole nitrogens is 1. The molecule has 2 aromatic rings. The summed E-state index contributed by atoms with van der Waals surface area (Å²) in [7, 11) is 1.57. The van der Waals surface area contributed by atoms with Crippen LogP contribution in [-0.2, 0) is 7.05 Å². The zero-order chi connectivity index (χ0) is 11.0. The molecule has 5 heteroatoms. The Morgan fingerprint density at radius 1 is 1.47 bits per heavy atom. The monoisotopic (exact) mass is 207 g/mol. The van der Waals surface area contributed by atoms with Crippen molar-refractivity contribution >= 4 is 0 Å². The molecule has 0 saturated heterocycles. The minimum atomic E-state index is -0.433. The van der Waals surface area contributed by atoms with Gasteiger partial charge < -0.3 is 0 Å². The normalized spacial score (nSPS) is 10.6. The molecule has 0 saturated carbocycles. The van der Waals surface area contributed by atoms with Gasteiger partial charge in [-0.2, -0.15) is 0 Å². The van der Waals surface area contributed by atoms with E-state index in [0.717, 1.165) is 5.56 Å². The SMILES string of the molecule is Cc1cnc(-c2cc(=O)n(C)[nH]2)c(F)c1. The summed E-state index contributed by atoms with van der Waals surface area (Å²) in [6.45, 7) is 1.76. The molecule has 0 fully saturated rings. The van der Waals surface area contributed by atoms with Crippen LogP contribution in [0.15, 0.2) is 23.1 Å². The first-order valence-electron chi connectivity index (χ1n) is 4.46. The van der Waals surface area contributed by atoms with Crippen LogP contribution in [0.5, 0.6) is 0 Å². The van der Waals surface area contributed by atoms with E-state index < -0.39 is 5.82 Å². The van der Waals surface area contributed by atoms with Gasteiger partial charge in [0.25, 0.3) is 5.56 Å². The third-order valence-electron chi connectivity index (χ3n) is 2.12. The van der Waals surface area contributed by atoms with Gasteiger partial charge in [0.1, 0.15) is 5.69 Å². The van der Waals surface area contributed by atoms with E-state index >= 15 is 0 Å². The summed E-state index contributed by atoms with van der Waals surface area (Å²) >= 11 is 0. The van der Waals surface area contributed by atoms with Gasteiger partial charge in [0.15, 0.2) is 5.82 Å². The van der Waals surface area contributed by atoms with Crippen LogP contribution in [0.1, 0.15) is 5.56 Å². The lowest BCUT2D eigenvalue weighted by atomic mass is 10.2. The minimum absolute atomic E-state index is 0.165. The largest absolute Gasteiger partial charge is 0.294 e. The maximum absolute atomic E-state index is 13.5. The molecule has 0 aliphatic carbocycles. The van der Waals surface area contributed by atoms with Crippen molar-refractivity contribution in [3.05, 3.63) is 40.1 Å². The molecule has 0 unspecified atom stereocenters. The summed E-state index contributed by atoms with van der Waals surface area (Å²) in [6.07, 6.45) is 1.56. The lowest BCUT2D eigenvalue weighted by Crippen LogP contribution is -2.09. The van der Waals surface area contributed by atoms with Crippen LogP contribution >= 0.6 is 0 Å². The van der Waals surface area contributed by atoms with E-state index in [1.165, 1.54) is 16.8 Å². The third kappa shape index (κ3) is 1.68. The van der Waals surface area contributed by atoms with Crippen LogP contribution in [0.2, 0.25) is 0 Å². The topological polar surface area (TPSA) is 50.7 Å². The van der Waals surface area contributed by atoms with E-state index in [9.17, 15) is 9.18 Å². The molecule has 15 heavy (non-hydrogen) atoms. The Morgan fingerprint density at radius 2 is 2.20 bits per heavy atom. The summed E-state index contributed by atoms with van der Waals surface area (Å²) in [5, 5.41) is 2.72. The van der Waals surface area contributed by atoms with E-state index in [1.54, 1.807) is 20.2 Å². The number of rotatable bonds is 1. The summed E-state index contributed by atoms with van der Waals surface area (Å²) in [4.78, 5) is 15.1. The van der Waals surface area contributed by atoms with Gasteiger partial charge in [-0.25, -0.2) is 4.39 Å². The average Bonchev–Trinajstić information content (AvgIpc) is 2.46. The van der Waals surface area contributed by atoms with Crippen molar-refractivity contribution in [3.8, 4) is 11.4 Å². The number of aryl methyl sites for hydroxylation is 2. The molecule has 2 rings (SSSR count). The maximum Gasteiger partial charge on any atom is 0.266 e. The molecule has 0 atom stereocenters. The molecular weight excluding hydrogens is 197 g/mol. The summed E-state index contributed by atoms with van der Waals surface area (Å²) in [6, 6.07) is 2.70. The molecular formula is C10H10FN3O. The van der Waals surface area contributed by atoms with Crippen LogP contribution in [-0.4, -0.2) is 14.8 Å². The number of halogens is 1. The quantitative estimate of drug-likeness (QED) is 0.764. The number of hydrogen-bond acceptors (Lipinski definition) is 2. The second-order valence-electron chi connectivity index (χ2n) is 3.41. The highest BCUT2D eigenvalue weighted by atomic mass is 19.1. The Bertz CT molecular complexity index is 556. The van der Waals surface area contributed by atoms with Crippen LogP contribution < -0.4 is 5.56 Å². The Balaban J connectivity index is 2.59. The van der Waals surface area contributed by atoms with Gasteiger partial charge in [0.05, 0.1) is 5.69 Å². The van der Waals surface area contributed by atoms with Gasteiger partial charge in [0.2, 0.25) is 0 Å². The molecule has 1 N–H and O–H groups in total. The zero-order valence-corrected chi connectivity index (χ0v) is 8.41. The minimum Gasteiger partial charge on any atom is -0.294 e. The lowest BCUT2D eigenvalue weighted by Gasteiger charge is -1.99. The number of pyridine rings is 1. The van der Waals surface area contributed by atoms with Gasteiger partial charge in [-0.15, -0.1) is 0 Å². The first-order chi connectivity index (χ1) is 7.08. The van der Waals surface area contributed by atoms with Crippen molar-refractivity contribution in [1.82, 2.24) is 14.8 Å². The fraction of sp³-hybridized carbons (Fsp3) is 0.200. The summed E-state index contributed by atoms with van der Waals surface area (Å²) in [5.74, 6) is -0.433. The molecule has 4 nitrogen and oxygen atoms in total. The van der Waals surface area contributed by atoms with Crippen molar-refractivity contribution in [2.75, 3.05) is 0 Å². The van der Waals surface area contributed by atoms with Gasteiger partial charge in [0, 0.05) is 19.3 Å². The average molecular weight is 207 g/mol. The van der Waals surface area contributed by atoms with Gasteiger partial charge >= 0.3 is 0 Å². The summed E-state index contributed by atoms with van der Waals surface area (Å²) < 4.78 is 14.8. The maximum atomic E-state index is 13.5. The number of aromatic amines is 1. The highest BCUT2D eigenvalue weighted by Crippen LogP contribution is 2.16. The van der Waals surface area contributed by atoms with Crippen molar-refractivity contribution in [3.63, 3.8) is 0 Å². The standard InChI is InChI=1S/C10H10FN3O/c1-6-3-7(11)10(12-5-6)8-4-9(15)14(2)13-8/h3-5,13H,1-2H3. The molecule has 2 heterocycles. The van der Waals surface area contributed by atoms with E-state index in [4.69, 9.17) is 0 Å². The molecule has 78 valence electrons. The lowest BCUT2D eigenvalue weighted by molar-refractivity contribution is 0.622. The van der Waals surface area contributed by atoms with Crippen LogP contribution in [0, 0.1) is 12.7 Å². The van der Waals surface area contributed by atoms with Crippen molar-refractivity contribution in [1.29, 1.82) is 0 Å². The number of nitrogens with one attached hydrogen (secondary N) is 1. The van der Waals surface area contributed by atoms with E-state index in [2.05, 4.69) is 10.1 Å². The van der Waals surface area contributed by atoms with Crippen molar-refractivity contribution in [2.45, 2.75) is 6.92 Å². The fourth-order valence-electron chi connectivity index (χ4n) is 1.34. The molecule has 0 radical (unpaired) electrons. The Hall–Kier alpha value is -1.91. The number of aromatic nitrogens is 3. The van der Waals surface area contributed by atoms with E-state index in [-0.39, 0.29) is 11.3 Å². The highest BCUT2D eigenvalue weighted by Gasteiger charge is 2.09. The first kappa shape index (κ1) is 9.64. The van der Waals surface area contributed by atoms with E-state index in [0.29, 0.717) is 5.69 Å². The van der Waals surface area contributed by atoms with Crippen molar-refractivity contribution < 1.29 is 4.39 Å². The fourth-order valence-corrected chi connectivity index (χ4v) is 1.34. The predicted octanol–water partition coefficient (Wildman–Crippen LogP) is 1.22. The Morgan fingerprint density at radius 3 is 2.73 bits per heavy atom. The third-order valence-corrected chi connectivity index (χ3v) is 2.12. The summed E-state index contributed by atoms with van der Waals surface area (Å²) in [5.41, 5.74) is 1.08. The second kappa shape index (κ2) is 3.34. The number of nitrogens with zero attached hydrogens (tertiary/aromatic N) is 2. The van der Waals surface area contributed by atoms with Crippen LogP contribution in [0.3, 0.4) is 0 Å². The molecule has 0 aliphatic rings. The van der Waals surface area contributed by atoms with Gasteiger partial charge in [-0.05, 0) is 18.6 Å². The number of hydrogen-bond donors (Lipinski definition) is 1. The predicted molar refractivity (Wildman–Crippen MR) is 54.0 cm³/mol. The first-order valence-corrected chi connectivity index (χ1v) is 4.46. The van der Waals surface area contributed by atoms with Crippen molar-refractivity contribution in [2.24, 2.45) is 7.05 Å². The van der Waals surface area contributed by atoms with Crippen LogP contribution in [0.4, 0.5) is 4.39 Å². The molecule has 0 amide bonds. The molecule has 0 bridgehead atoms. The molecule has 0 aliphatic heterocycles. The smallest absolute Gasteiger partial charge is 0.266 e. The zero-order valence-electron chi connectivity index (χ0n) is 8.41. The molecule has 2 aromatic heterocycles. The Labute approximate surface area is 85.4 Å². The van der Waals surface area contributed by atoms with Crippen LogP contribution in [0.25, 0.3) is 11.4 Å².